The Labute approximate surface area is 128 Å². The Morgan fingerprint density at radius 1 is 0.905 bits per heavy atom. The fourth-order valence-corrected chi connectivity index (χ4v) is 2.40. The normalized spacial score (nSPS) is 12.9. The number of rotatable bonds is 6. The molecule has 0 saturated heterocycles. The van der Waals surface area contributed by atoms with Crippen LogP contribution in [-0.4, -0.2) is 31.6 Å². The minimum Gasteiger partial charge on any atom is -0.312 e. The summed E-state index contributed by atoms with van der Waals surface area (Å²) in [5, 5.41) is 3.42. The lowest BCUT2D eigenvalue weighted by Crippen LogP contribution is -2.35. The highest BCUT2D eigenvalue weighted by molar-refractivity contribution is 5.63. The van der Waals surface area contributed by atoms with Gasteiger partial charge in [-0.25, -0.2) is 0 Å². The van der Waals surface area contributed by atoms with Gasteiger partial charge in [0.05, 0.1) is 0 Å². The van der Waals surface area contributed by atoms with Crippen LogP contribution in [0.3, 0.4) is 0 Å². The van der Waals surface area contributed by atoms with E-state index in [0.29, 0.717) is 12.1 Å². The van der Waals surface area contributed by atoms with E-state index in [1.165, 1.54) is 16.7 Å². The molecule has 2 heteroatoms. The Kier molecular flexibility index (Phi) is 5.54. The summed E-state index contributed by atoms with van der Waals surface area (Å²) >= 11 is 0. The molecule has 0 amide bonds. The molecule has 1 unspecified atom stereocenters. The van der Waals surface area contributed by atoms with Crippen molar-refractivity contribution < 1.29 is 0 Å². The zero-order valence-corrected chi connectivity index (χ0v) is 13.5. The number of hydrogen-bond acceptors (Lipinski definition) is 2. The molecule has 2 aromatic carbocycles. The Morgan fingerprint density at radius 2 is 1.48 bits per heavy atom. The van der Waals surface area contributed by atoms with E-state index in [1.807, 2.05) is 7.05 Å². The highest BCUT2D eigenvalue weighted by Crippen LogP contribution is 2.22. The van der Waals surface area contributed by atoms with Gasteiger partial charge in [0.2, 0.25) is 0 Å². The maximum atomic E-state index is 3.42. The summed E-state index contributed by atoms with van der Waals surface area (Å²) in [7, 11) is 4.21. The van der Waals surface area contributed by atoms with Gasteiger partial charge in [0.15, 0.2) is 0 Å². The zero-order chi connectivity index (χ0) is 15.2. The molecule has 2 nitrogen and oxygen atoms in total. The van der Waals surface area contributed by atoms with Gasteiger partial charge in [0.1, 0.15) is 0 Å². The third-order valence-corrected chi connectivity index (χ3v) is 4.12. The van der Waals surface area contributed by atoms with Gasteiger partial charge in [0, 0.05) is 18.6 Å². The molecular weight excluding hydrogens is 256 g/mol. The molecule has 0 aliphatic heterocycles. The van der Waals surface area contributed by atoms with Crippen LogP contribution in [0.5, 0.6) is 0 Å². The van der Waals surface area contributed by atoms with Gasteiger partial charge in [-0.05, 0) is 44.6 Å². The first-order chi connectivity index (χ1) is 10.1. The Bertz CT molecular complexity index is 531. The Balaban J connectivity index is 2.13. The smallest absolute Gasteiger partial charge is 0.0446 e. The Hall–Kier alpha value is -1.64. The predicted octanol–water partition coefficient (Wildman–Crippen LogP) is 3.95. The molecule has 0 radical (unpaired) electrons. The van der Waals surface area contributed by atoms with Gasteiger partial charge in [-0.3, -0.25) is 0 Å². The van der Waals surface area contributed by atoms with Gasteiger partial charge < -0.3 is 10.2 Å². The standard InChI is InChI=1S/C19H26N2/c1-15(2)21(4)14-19(20-3)18-12-10-17(11-13-18)16-8-6-5-7-9-16/h5-13,15,19-20H,14H2,1-4H3. The number of nitrogens with one attached hydrogen (secondary N) is 1. The number of hydrogen-bond donors (Lipinski definition) is 1. The third-order valence-electron chi connectivity index (χ3n) is 4.12. The SMILES string of the molecule is CNC(CN(C)C(C)C)c1ccc(-c2ccccc2)cc1. The third kappa shape index (κ3) is 4.16. The van der Waals surface area contributed by atoms with Crippen LogP contribution in [0.15, 0.2) is 54.6 Å². The van der Waals surface area contributed by atoms with Crippen molar-refractivity contribution in [3.05, 3.63) is 60.2 Å². The minimum absolute atomic E-state index is 0.363. The van der Waals surface area contributed by atoms with Crippen molar-refractivity contribution in [2.45, 2.75) is 25.9 Å². The van der Waals surface area contributed by atoms with Crippen LogP contribution in [0.1, 0.15) is 25.5 Å². The fourth-order valence-electron chi connectivity index (χ4n) is 2.40. The van der Waals surface area contributed by atoms with Crippen LogP contribution in [0.4, 0.5) is 0 Å². The molecule has 0 aliphatic rings. The van der Waals surface area contributed by atoms with Gasteiger partial charge in [-0.2, -0.15) is 0 Å². The van der Waals surface area contributed by atoms with E-state index in [0.717, 1.165) is 6.54 Å². The lowest BCUT2D eigenvalue weighted by atomic mass is 10.0. The molecule has 0 aromatic heterocycles. The maximum Gasteiger partial charge on any atom is 0.0446 e. The average molecular weight is 282 g/mol. The predicted molar refractivity (Wildman–Crippen MR) is 91.4 cm³/mol. The second kappa shape index (κ2) is 7.39. The molecule has 112 valence electrons. The van der Waals surface area contributed by atoms with E-state index >= 15 is 0 Å². The van der Waals surface area contributed by atoms with Gasteiger partial charge >= 0.3 is 0 Å². The largest absolute Gasteiger partial charge is 0.312 e. The molecule has 2 aromatic rings. The van der Waals surface area contributed by atoms with E-state index in [4.69, 9.17) is 0 Å². The number of likely N-dealkylation sites (N-methyl/N-ethyl adjacent to an activating group) is 2. The van der Waals surface area contributed by atoms with Crippen LogP contribution in [0.2, 0.25) is 0 Å². The highest BCUT2D eigenvalue weighted by Gasteiger charge is 2.13. The first-order valence-corrected chi connectivity index (χ1v) is 7.64. The maximum absolute atomic E-state index is 3.42. The van der Waals surface area contributed by atoms with Crippen molar-refractivity contribution in [3.8, 4) is 11.1 Å². The molecule has 1 atom stereocenters. The van der Waals surface area contributed by atoms with Crippen molar-refractivity contribution in [1.82, 2.24) is 10.2 Å². The first kappa shape index (κ1) is 15.7. The van der Waals surface area contributed by atoms with Crippen LogP contribution in [0.25, 0.3) is 11.1 Å². The van der Waals surface area contributed by atoms with E-state index in [2.05, 4.69) is 85.7 Å². The van der Waals surface area contributed by atoms with Crippen molar-refractivity contribution in [3.63, 3.8) is 0 Å². The molecule has 0 aliphatic carbocycles. The number of nitrogens with zero attached hydrogens (tertiary/aromatic N) is 1. The molecule has 0 saturated carbocycles. The summed E-state index contributed by atoms with van der Waals surface area (Å²) in [4.78, 5) is 2.37. The second-order valence-corrected chi connectivity index (χ2v) is 5.86. The van der Waals surface area contributed by atoms with Crippen LogP contribution in [-0.2, 0) is 0 Å². The summed E-state index contributed by atoms with van der Waals surface area (Å²) < 4.78 is 0. The summed E-state index contributed by atoms with van der Waals surface area (Å²) in [5.74, 6) is 0. The minimum atomic E-state index is 0.363. The van der Waals surface area contributed by atoms with Crippen LogP contribution in [0, 0.1) is 0 Å². The lowest BCUT2D eigenvalue weighted by molar-refractivity contribution is 0.246. The van der Waals surface area contributed by atoms with Crippen molar-refractivity contribution in [2.75, 3.05) is 20.6 Å². The number of benzene rings is 2. The lowest BCUT2D eigenvalue weighted by Gasteiger charge is -2.27. The molecule has 2 rings (SSSR count). The fraction of sp³-hybridized carbons (Fsp3) is 0.368. The molecule has 0 fully saturated rings. The molecule has 21 heavy (non-hydrogen) atoms. The molecule has 0 heterocycles. The van der Waals surface area contributed by atoms with Gasteiger partial charge in [-0.1, -0.05) is 54.6 Å². The summed E-state index contributed by atoms with van der Waals surface area (Å²) in [5.41, 5.74) is 3.88. The summed E-state index contributed by atoms with van der Waals surface area (Å²) in [6, 6.07) is 20.3. The van der Waals surface area contributed by atoms with Gasteiger partial charge in [0.25, 0.3) is 0 Å². The molecule has 0 spiro atoms. The van der Waals surface area contributed by atoms with E-state index in [1.54, 1.807) is 0 Å². The molecule has 0 bridgehead atoms. The molecular formula is C19H26N2. The second-order valence-electron chi connectivity index (χ2n) is 5.86. The van der Waals surface area contributed by atoms with E-state index in [-0.39, 0.29) is 0 Å². The van der Waals surface area contributed by atoms with Crippen LogP contribution < -0.4 is 5.32 Å². The Morgan fingerprint density at radius 3 is 2.00 bits per heavy atom. The van der Waals surface area contributed by atoms with E-state index < -0.39 is 0 Å². The van der Waals surface area contributed by atoms with Crippen LogP contribution >= 0.6 is 0 Å². The zero-order valence-electron chi connectivity index (χ0n) is 13.5. The molecule has 1 N–H and O–H groups in total. The topological polar surface area (TPSA) is 15.3 Å². The monoisotopic (exact) mass is 282 g/mol. The highest BCUT2D eigenvalue weighted by atomic mass is 15.1. The average Bonchev–Trinajstić information content (AvgIpc) is 2.53. The van der Waals surface area contributed by atoms with Gasteiger partial charge in [-0.15, -0.1) is 0 Å². The van der Waals surface area contributed by atoms with E-state index in [9.17, 15) is 0 Å². The van der Waals surface area contributed by atoms with Crippen molar-refractivity contribution in [1.29, 1.82) is 0 Å². The first-order valence-electron chi connectivity index (χ1n) is 7.64. The summed E-state index contributed by atoms with van der Waals surface area (Å²) in [6.45, 7) is 5.47. The summed E-state index contributed by atoms with van der Waals surface area (Å²) in [6.07, 6.45) is 0. The van der Waals surface area contributed by atoms with Crippen molar-refractivity contribution in [2.24, 2.45) is 0 Å². The van der Waals surface area contributed by atoms with Crippen molar-refractivity contribution >= 4 is 0 Å². The quantitative estimate of drug-likeness (QED) is 0.863.